The summed E-state index contributed by atoms with van der Waals surface area (Å²) >= 11 is 6.05. The number of hydrogen-bond donors (Lipinski definition) is 1. The van der Waals surface area contributed by atoms with Gasteiger partial charge < -0.3 is 5.32 Å². The number of benzene rings is 2. The van der Waals surface area contributed by atoms with Gasteiger partial charge in [-0.15, -0.1) is 0 Å². The molecule has 1 atom stereocenters. The number of carbonyl (C=O) groups excluding carboxylic acids is 1. The molecule has 0 radical (unpaired) electrons. The summed E-state index contributed by atoms with van der Waals surface area (Å²) in [5.41, 5.74) is 4.19. The monoisotopic (exact) mass is 354 g/mol. The summed E-state index contributed by atoms with van der Waals surface area (Å²) in [6, 6.07) is 13.5. The maximum Gasteiger partial charge on any atom is 0.248 e. The van der Waals surface area contributed by atoms with Gasteiger partial charge in [0.25, 0.3) is 0 Å². The van der Waals surface area contributed by atoms with E-state index in [1.807, 2.05) is 69.3 Å². The van der Waals surface area contributed by atoms with E-state index in [4.69, 9.17) is 11.6 Å². The van der Waals surface area contributed by atoms with Crippen molar-refractivity contribution in [1.29, 1.82) is 0 Å². The molecule has 0 heterocycles. The van der Waals surface area contributed by atoms with Crippen LogP contribution in [0.3, 0.4) is 0 Å². The Morgan fingerprint density at radius 3 is 2.68 bits per heavy atom. The molecule has 0 spiro atoms. The van der Waals surface area contributed by atoms with E-state index in [9.17, 15) is 4.79 Å². The zero-order valence-electron chi connectivity index (χ0n) is 14.8. The predicted molar refractivity (Wildman–Crippen MR) is 107 cm³/mol. The van der Waals surface area contributed by atoms with Crippen molar-refractivity contribution in [1.82, 2.24) is 0 Å². The Hall–Kier alpha value is -2.39. The minimum absolute atomic E-state index is 0.0469. The van der Waals surface area contributed by atoms with Crippen molar-refractivity contribution in [2.75, 3.05) is 5.32 Å². The molecule has 0 aliphatic carbocycles. The van der Waals surface area contributed by atoms with Crippen LogP contribution in [0.2, 0.25) is 5.02 Å². The van der Waals surface area contributed by atoms with Gasteiger partial charge in [-0.25, -0.2) is 0 Å². The smallest absolute Gasteiger partial charge is 0.248 e. The van der Waals surface area contributed by atoms with Crippen LogP contribution in [0.15, 0.2) is 59.6 Å². The third kappa shape index (κ3) is 5.87. The third-order valence-corrected chi connectivity index (χ3v) is 4.20. The van der Waals surface area contributed by atoms with E-state index in [0.717, 1.165) is 16.8 Å². The van der Waals surface area contributed by atoms with E-state index in [1.165, 1.54) is 5.56 Å². The molecule has 2 rings (SSSR count). The zero-order valence-corrected chi connectivity index (χ0v) is 15.5. The minimum atomic E-state index is -0.145. The summed E-state index contributed by atoms with van der Waals surface area (Å²) < 4.78 is 0. The van der Waals surface area contributed by atoms with Crippen molar-refractivity contribution < 1.29 is 4.79 Å². The van der Waals surface area contributed by atoms with Crippen molar-refractivity contribution in [3.05, 3.63) is 76.3 Å². The second-order valence-electron chi connectivity index (χ2n) is 5.90. The largest absolute Gasteiger partial charge is 0.323 e. The Bertz CT molecular complexity index is 796. The summed E-state index contributed by atoms with van der Waals surface area (Å²) in [6.07, 6.45) is 5.80. The molecule has 1 N–H and O–H groups in total. The van der Waals surface area contributed by atoms with Crippen molar-refractivity contribution >= 4 is 29.4 Å². The van der Waals surface area contributed by atoms with Crippen molar-refractivity contribution in [2.45, 2.75) is 33.2 Å². The van der Waals surface area contributed by atoms with Crippen molar-refractivity contribution in [3.8, 4) is 0 Å². The molecule has 1 unspecified atom stereocenters. The minimum Gasteiger partial charge on any atom is -0.323 e. The summed E-state index contributed by atoms with van der Waals surface area (Å²) in [4.78, 5) is 16.6. The normalized spacial score (nSPS) is 12.6. The second kappa shape index (κ2) is 9.19. The average molecular weight is 355 g/mol. The van der Waals surface area contributed by atoms with Crippen LogP contribution in [-0.2, 0) is 4.79 Å². The highest BCUT2D eigenvalue weighted by atomic mass is 35.5. The lowest BCUT2D eigenvalue weighted by molar-refractivity contribution is -0.111. The van der Waals surface area contributed by atoms with Crippen LogP contribution >= 0.6 is 11.6 Å². The van der Waals surface area contributed by atoms with Gasteiger partial charge in [0, 0.05) is 10.7 Å². The van der Waals surface area contributed by atoms with Crippen LogP contribution in [-0.4, -0.2) is 12.1 Å². The van der Waals surface area contributed by atoms with Gasteiger partial charge in [0.2, 0.25) is 5.91 Å². The number of hydrogen-bond acceptors (Lipinski definition) is 2. The highest BCUT2D eigenvalue weighted by Gasteiger charge is 2.08. The number of rotatable bonds is 6. The number of anilines is 1. The fourth-order valence-corrected chi connectivity index (χ4v) is 2.68. The quantitative estimate of drug-likeness (QED) is 0.526. The fraction of sp³-hybridized carbons (Fsp3) is 0.238. The van der Waals surface area contributed by atoms with Crippen LogP contribution in [0.5, 0.6) is 0 Å². The van der Waals surface area contributed by atoms with Crippen LogP contribution < -0.4 is 5.32 Å². The molecule has 0 saturated heterocycles. The molecule has 2 aromatic rings. The lowest BCUT2D eigenvalue weighted by Crippen LogP contribution is -2.08. The average Bonchev–Trinajstić information content (AvgIpc) is 2.57. The van der Waals surface area contributed by atoms with Gasteiger partial charge in [-0.05, 0) is 80.4 Å². The first-order chi connectivity index (χ1) is 12.0. The van der Waals surface area contributed by atoms with Gasteiger partial charge in [0.1, 0.15) is 0 Å². The number of aliphatic imine (C=N–C) groups is 1. The Morgan fingerprint density at radius 1 is 1.20 bits per heavy atom. The third-order valence-electron chi connectivity index (χ3n) is 3.97. The molecule has 0 fully saturated rings. The number of carbonyl (C=O) groups is 1. The number of aryl methyl sites for hydroxylation is 2. The molecule has 2 aromatic carbocycles. The maximum absolute atomic E-state index is 12.1. The van der Waals surface area contributed by atoms with E-state index in [2.05, 4.69) is 10.3 Å². The van der Waals surface area contributed by atoms with Crippen LogP contribution in [0, 0.1) is 13.8 Å². The first-order valence-electron chi connectivity index (χ1n) is 8.27. The predicted octanol–water partition coefficient (Wildman–Crippen LogP) is 5.67. The fourth-order valence-electron chi connectivity index (χ4n) is 2.48. The molecule has 0 saturated carbocycles. The van der Waals surface area contributed by atoms with Crippen molar-refractivity contribution in [3.63, 3.8) is 0 Å². The van der Waals surface area contributed by atoms with Crippen molar-refractivity contribution in [2.24, 2.45) is 4.99 Å². The molecular formula is C21H23ClN2O. The Morgan fingerprint density at radius 2 is 2.00 bits per heavy atom. The lowest BCUT2D eigenvalue weighted by atomic mass is 10.0. The maximum atomic E-state index is 12.1. The molecule has 0 aromatic heterocycles. The summed E-state index contributed by atoms with van der Waals surface area (Å²) in [5, 5.41) is 3.56. The molecule has 130 valence electrons. The van der Waals surface area contributed by atoms with E-state index < -0.39 is 0 Å². The van der Waals surface area contributed by atoms with Crippen LogP contribution in [0.1, 0.15) is 36.1 Å². The second-order valence-corrected chi connectivity index (χ2v) is 6.34. The van der Waals surface area contributed by atoms with E-state index in [1.54, 1.807) is 12.3 Å². The number of nitrogens with one attached hydrogen (secondary N) is 1. The Labute approximate surface area is 154 Å². The van der Waals surface area contributed by atoms with Gasteiger partial charge in [-0.1, -0.05) is 35.9 Å². The number of nitrogens with zero attached hydrogens (tertiary/aromatic N) is 1. The van der Waals surface area contributed by atoms with Crippen LogP contribution in [0.25, 0.3) is 0 Å². The van der Waals surface area contributed by atoms with Crippen LogP contribution in [0.4, 0.5) is 5.69 Å². The van der Waals surface area contributed by atoms with Gasteiger partial charge in [-0.2, -0.15) is 0 Å². The van der Waals surface area contributed by atoms with Gasteiger partial charge >= 0.3 is 0 Å². The molecule has 4 heteroatoms. The van der Waals surface area contributed by atoms with E-state index >= 15 is 0 Å². The highest BCUT2D eigenvalue weighted by molar-refractivity contribution is 6.30. The number of halogens is 1. The molecule has 25 heavy (non-hydrogen) atoms. The molecule has 0 aliphatic rings. The van der Waals surface area contributed by atoms with Gasteiger partial charge in [0.15, 0.2) is 0 Å². The lowest BCUT2D eigenvalue weighted by Gasteiger charge is -2.11. The standard InChI is InChI=1S/C21H23ClN2O/c1-4-23-20(17-7-5-8-18(22)14-17)9-6-10-21(25)24-19-12-11-15(2)16(3)13-19/h4-8,10-14,20H,9H2,1-3H3,(H,24,25)/b10-6+,23-4?. The molecule has 1 amide bonds. The molecule has 0 bridgehead atoms. The van der Waals surface area contributed by atoms with E-state index in [0.29, 0.717) is 11.4 Å². The Kier molecular flexibility index (Phi) is 6.96. The zero-order chi connectivity index (χ0) is 18.2. The Balaban J connectivity index is 1.99. The molecular weight excluding hydrogens is 332 g/mol. The summed E-state index contributed by atoms with van der Waals surface area (Å²) in [6.45, 7) is 5.96. The molecule has 3 nitrogen and oxygen atoms in total. The van der Waals surface area contributed by atoms with Gasteiger partial charge in [0.05, 0.1) is 6.04 Å². The summed E-state index contributed by atoms with van der Waals surface area (Å²) in [5.74, 6) is -0.145. The summed E-state index contributed by atoms with van der Waals surface area (Å²) in [7, 11) is 0. The molecule has 0 aliphatic heterocycles. The first-order valence-corrected chi connectivity index (χ1v) is 8.65. The number of amides is 1. The van der Waals surface area contributed by atoms with Gasteiger partial charge in [-0.3, -0.25) is 9.79 Å². The topological polar surface area (TPSA) is 41.5 Å². The SMILES string of the molecule is CC=NC(C/C=C/C(=O)Nc1ccc(C)c(C)c1)c1cccc(Cl)c1. The highest BCUT2D eigenvalue weighted by Crippen LogP contribution is 2.24. The van der Waals surface area contributed by atoms with E-state index in [-0.39, 0.29) is 11.9 Å². The first kappa shape index (κ1) is 18.9.